The molecule has 0 unspecified atom stereocenters. The Morgan fingerprint density at radius 3 is 2.94 bits per heavy atom. The smallest absolute Gasteiger partial charge is 0.183 e. The molecule has 0 radical (unpaired) electrons. The van der Waals surface area contributed by atoms with Gasteiger partial charge in [0.15, 0.2) is 3.95 Å². The van der Waals surface area contributed by atoms with Gasteiger partial charge in [-0.3, -0.25) is 0 Å². The summed E-state index contributed by atoms with van der Waals surface area (Å²) in [5, 5.41) is 1.88. The van der Waals surface area contributed by atoms with E-state index in [0.717, 1.165) is 21.6 Å². The van der Waals surface area contributed by atoms with Crippen LogP contribution in [0.2, 0.25) is 0 Å². The second-order valence-corrected chi connectivity index (χ2v) is 7.51. The molecule has 0 amide bonds. The molecule has 0 spiro atoms. The monoisotopic (exact) mass is 284 g/mol. The molecule has 0 bridgehead atoms. The first-order chi connectivity index (χ1) is 7.96. The zero-order valence-electron chi connectivity index (χ0n) is 9.57. The average Bonchev–Trinajstić information content (AvgIpc) is 2.53. The van der Waals surface area contributed by atoms with E-state index in [9.17, 15) is 0 Å². The Morgan fingerprint density at radius 1 is 1.41 bits per heavy atom. The normalized spacial score (nSPS) is 18.2. The largest absolute Gasteiger partial charge is 0.390 e. The first kappa shape index (κ1) is 11.5. The van der Waals surface area contributed by atoms with Crippen LogP contribution < -0.4 is 5.73 Å². The van der Waals surface area contributed by atoms with Gasteiger partial charge in [0.25, 0.3) is 0 Å². The lowest BCUT2D eigenvalue weighted by Gasteiger charge is -2.30. The standard InChI is InChI=1S/C11H12N2OS3/c1-11(2)3-5-6(4-14-11)16-9-7(5)8(12)17-10(15)13-9/h3-4,12H2,1-2H3. The number of nitrogens with zero attached hydrogens (tertiary/aromatic N) is 1. The second-order valence-electron chi connectivity index (χ2n) is 4.75. The minimum Gasteiger partial charge on any atom is -0.390 e. The first-order valence-corrected chi connectivity index (χ1v) is 7.35. The van der Waals surface area contributed by atoms with Crippen LogP contribution in [-0.4, -0.2) is 10.6 Å². The molecule has 1 aliphatic heterocycles. The van der Waals surface area contributed by atoms with Gasteiger partial charge in [-0.2, -0.15) is 0 Å². The summed E-state index contributed by atoms with van der Waals surface area (Å²) in [6, 6.07) is 0. The highest BCUT2D eigenvalue weighted by molar-refractivity contribution is 7.73. The highest BCUT2D eigenvalue weighted by atomic mass is 32.1. The van der Waals surface area contributed by atoms with Gasteiger partial charge in [0.05, 0.1) is 17.2 Å². The molecule has 17 heavy (non-hydrogen) atoms. The molecule has 3 nitrogen and oxygen atoms in total. The van der Waals surface area contributed by atoms with Gasteiger partial charge < -0.3 is 10.5 Å². The molecule has 0 atom stereocenters. The minimum atomic E-state index is -0.120. The molecule has 2 aromatic rings. The second kappa shape index (κ2) is 3.71. The minimum absolute atomic E-state index is 0.120. The molecule has 1 aliphatic rings. The Balaban J connectivity index is 2.32. The van der Waals surface area contributed by atoms with Crippen LogP contribution in [0.3, 0.4) is 0 Å². The number of rotatable bonds is 0. The van der Waals surface area contributed by atoms with Crippen molar-refractivity contribution in [2.24, 2.45) is 0 Å². The van der Waals surface area contributed by atoms with Crippen LogP contribution in [0.1, 0.15) is 24.3 Å². The molecule has 90 valence electrons. The molecule has 2 aromatic heterocycles. The quantitative estimate of drug-likeness (QED) is 0.752. The van der Waals surface area contributed by atoms with Crippen molar-refractivity contribution in [1.82, 2.24) is 4.98 Å². The van der Waals surface area contributed by atoms with Gasteiger partial charge in [-0.05, 0) is 31.6 Å². The van der Waals surface area contributed by atoms with Crippen molar-refractivity contribution in [3.05, 3.63) is 14.4 Å². The van der Waals surface area contributed by atoms with Crippen molar-refractivity contribution >= 4 is 50.1 Å². The summed E-state index contributed by atoms with van der Waals surface area (Å²) >= 11 is 8.15. The lowest BCUT2D eigenvalue weighted by molar-refractivity contribution is -0.0379. The maximum absolute atomic E-state index is 6.09. The predicted octanol–water partition coefficient (Wildman–Crippen LogP) is 3.52. The van der Waals surface area contributed by atoms with Crippen LogP contribution in [0.4, 0.5) is 5.00 Å². The van der Waals surface area contributed by atoms with Gasteiger partial charge in [0.1, 0.15) is 4.83 Å². The fraction of sp³-hybridized carbons (Fsp3) is 0.455. The summed E-state index contributed by atoms with van der Waals surface area (Å²) < 4.78 is 6.42. The predicted molar refractivity (Wildman–Crippen MR) is 75.3 cm³/mol. The van der Waals surface area contributed by atoms with E-state index in [1.54, 1.807) is 11.3 Å². The van der Waals surface area contributed by atoms with E-state index in [0.29, 0.717) is 10.6 Å². The fourth-order valence-corrected chi connectivity index (χ4v) is 4.43. The van der Waals surface area contributed by atoms with E-state index >= 15 is 0 Å². The summed E-state index contributed by atoms with van der Waals surface area (Å²) in [7, 11) is 0. The van der Waals surface area contributed by atoms with Gasteiger partial charge in [-0.25, -0.2) is 4.98 Å². The van der Waals surface area contributed by atoms with E-state index in [1.165, 1.54) is 21.8 Å². The Morgan fingerprint density at radius 2 is 2.18 bits per heavy atom. The highest BCUT2D eigenvalue weighted by Gasteiger charge is 2.30. The molecule has 6 heteroatoms. The fourth-order valence-electron chi connectivity index (χ4n) is 2.12. The number of ether oxygens (including phenoxy) is 1. The number of anilines is 1. The van der Waals surface area contributed by atoms with Crippen molar-refractivity contribution in [3.63, 3.8) is 0 Å². The topological polar surface area (TPSA) is 48.1 Å². The van der Waals surface area contributed by atoms with Gasteiger partial charge in [-0.1, -0.05) is 11.3 Å². The average molecular weight is 284 g/mol. The van der Waals surface area contributed by atoms with Crippen LogP contribution in [0.15, 0.2) is 0 Å². The lowest BCUT2D eigenvalue weighted by Crippen LogP contribution is -2.31. The molecule has 2 N–H and O–H groups in total. The van der Waals surface area contributed by atoms with Crippen molar-refractivity contribution in [1.29, 1.82) is 0 Å². The molecule has 0 saturated heterocycles. The highest BCUT2D eigenvalue weighted by Crippen LogP contribution is 2.41. The molecule has 0 aromatic carbocycles. The third kappa shape index (κ3) is 1.89. The molecule has 0 aliphatic carbocycles. The molecule has 3 rings (SSSR count). The summed E-state index contributed by atoms with van der Waals surface area (Å²) in [5.41, 5.74) is 7.27. The van der Waals surface area contributed by atoms with E-state index in [1.807, 2.05) is 0 Å². The van der Waals surface area contributed by atoms with Crippen LogP contribution in [0, 0.1) is 3.95 Å². The third-order valence-electron chi connectivity index (χ3n) is 2.91. The number of aromatic nitrogens is 1. The third-order valence-corrected chi connectivity index (χ3v) is 5.04. The summed E-state index contributed by atoms with van der Waals surface area (Å²) in [4.78, 5) is 6.60. The maximum atomic E-state index is 6.09. The van der Waals surface area contributed by atoms with E-state index in [4.69, 9.17) is 22.7 Å². The van der Waals surface area contributed by atoms with Crippen molar-refractivity contribution in [2.45, 2.75) is 32.5 Å². The molecule has 0 fully saturated rings. The molecular weight excluding hydrogens is 272 g/mol. The number of nitrogens with two attached hydrogens (primary N) is 1. The number of hydrogen-bond acceptors (Lipinski definition) is 6. The Labute approximate surface area is 112 Å². The van der Waals surface area contributed by atoms with E-state index in [-0.39, 0.29) is 5.60 Å². The zero-order valence-corrected chi connectivity index (χ0v) is 12.0. The van der Waals surface area contributed by atoms with Crippen molar-refractivity contribution in [3.8, 4) is 0 Å². The van der Waals surface area contributed by atoms with Crippen LogP contribution in [0.25, 0.3) is 10.2 Å². The van der Waals surface area contributed by atoms with Gasteiger partial charge >= 0.3 is 0 Å². The SMILES string of the molecule is CC1(C)Cc2c(sc3nc(=S)sc(N)c23)CO1. The van der Waals surface area contributed by atoms with Crippen LogP contribution in [0.5, 0.6) is 0 Å². The van der Waals surface area contributed by atoms with E-state index in [2.05, 4.69) is 18.8 Å². The molecule has 3 heterocycles. The Bertz CT molecular complexity index is 657. The first-order valence-electron chi connectivity index (χ1n) is 5.31. The van der Waals surface area contributed by atoms with Crippen molar-refractivity contribution in [2.75, 3.05) is 5.73 Å². The summed E-state index contributed by atoms with van der Waals surface area (Å²) in [6.45, 7) is 4.86. The number of hydrogen-bond donors (Lipinski definition) is 1. The van der Waals surface area contributed by atoms with Crippen molar-refractivity contribution < 1.29 is 4.74 Å². The van der Waals surface area contributed by atoms with E-state index < -0.39 is 0 Å². The van der Waals surface area contributed by atoms with Gasteiger partial charge in [0, 0.05) is 16.7 Å². The maximum Gasteiger partial charge on any atom is 0.183 e. The number of thiophene rings is 1. The van der Waals surface area contributed by atoms with Gasteiger partial charge in [-0.15, -0.1) is 11.3 Å². The van der Waals surface area contributed by atoms with Crippen LogP contribution in [-0.2, 0) is 17.8 Å². The Hall–Kier alpha value is -0.560. The zero-order chi connectivity index (χ0) is 12.2. The number of nitrogen functional groups attached to an aromatic ring is 1. The lowest BCUT2D eigenvalue weighted by atomic mass is 9.95. The molecular formula is C11H12N2OS3. The summed E-state index contributed by atoms with van der Waals surface area (Å²) in [5.74, 6) is 0. The van der Waals surface area contributed by atoms with Gasteiger partial charge in [0.2, 0.25) is 0 Å². The summed E-state index contributed by atoms with van der Waals surface area (Å²) in [6.07, 6.45) is 0.887. The Kier molecular flexibility index (Phi) is 2.52. The molecule has 0 saturated carbocycles. The van der Waals surface area contributed by atoms with Crippen LogP contribution >= 0.6 is 34.9 Å². The number of fused-ring (bicyclic) bond motifs is 3.